The first-order valence-electron chi connectivity index (χ1n) is 5.39. The molecule has 0 aliphatic heterocycles. The van der Waals surface area contributed by atoms with Crippen molar-refractivity contribution in [1.29, 1.82) is 0 Å². The highest BCUT2D eigenvalue weighted by Crippen LogP contribution is 2.27. The van der Waals surface area contributed by atoms with E-state index in [1.807, 2.05) is 0 Å². The summed E-state index contributed by atoms with van der Waals surface area (Å²) in [6, 6.07) is 7.13. The molecule has 6 heteroatoms. The number of hydrogen-bond acceptors (Lipinski definition) is 3. The molecule has 1 heterocycles. The van der Waals surface area contributed by atoms with Gasteiger partial charge >= 0.3 is 6.36 Å². The van der Waals surface area contributed by atoms with Crippen LogP contribution in [0.15, 0.2) is 42.7 Å². The van der Waals surface area contributed by atoms with Gasteiger partial charge in [0, 0.05) is 18.0 Å². The summed E-state index contributed by atoms with van der Waals surface area (Å²) in [5.74, 6) is -0.282. The van der Waals surface area contributed by atoms with Gasteiger partial charge in [-0.25, -0.2) is 0 Å². The van der Waals surface area contributed by atoms with Crippen LogP contribution in [0.1, 0.15) is 5.56 Å². The van der Waals surface area contributed by atoms with E-state index >= 15 is 0 Å². The zero-order valence-corrected chi connectivity index (χ0v) is 9.69. The third kappa shape index (κ3) is 3.45. The molecule has 19 heavy (non-hydrogen) atoms. The molecule has 1 N–H and O–H groups in total. The van der Waals surface area contributed by atoms with Crippen molar-refractivity contribution in [3.8, 4) is 16.9 Å². The first-order chi connectivity index (χ1) is 8.99. The zero-order chi connectivity index (χ0) is 13.9. The molecular weight excluding hydrogens is 259 g/mol. The van der Waals surface area contributed by atoms with E-state index in [-0.39, 0.29) is 12.4 Å². The van der Waals surface area contributed by atoms with Crippen LogP contribution >= 0.6 is 0 Å². The summed E-state index contributed by atoms with van der Waals surface area (Å²) in [5.41, 5.74) is 2.00. The third-order valence-corrected chi connectivity index (χ3v) is 2.47. The van der Waals surface area contributed by atoms with Gasteiger partial charge in [0.2, 0.25) is 0 Å². The number of aromatic nitrogens is 1. The molecule has 0 amide bonds. The van der Waals surface area contributed by atoms with Gasteiger partial charge in [-0.05, 0) is 29.3 Å². The predicted molar refractivity (Wildman–Crippen MR) is 62.3 cm³/mol. The minimum absolute atomic E-state index is 0.191. The average Bonchev–Trinajstić information content (AvgIpc) is 2.38. The van der Waals surface area contributed by atoms with Gasteiger partial charge in [-0.15, -0.1) is 13.2 Å². The highest BCUT2D eigenvalue weighted by molar-refractivity contribution is 5.67. The maximum Gasteiger partial charge on any atom is 0.573 e. The first-order valence-corrected chi connectivity index (χ1v) is 5.39. The van der Waals surface area contributed by atoms with E-state index in [1.54, 1.807) is 12.3 Å². The van der Waals surface area contributed by atoms with Crippen molar-refractivity contribution in [2.24, 2.45) is 0 Å². The van der Waals surface area contributed by atoms with Gasteiger partial charge in [0.1, 0.15) is 5.75 Å². The molecule has 0 aliphatic carbocycles. The van der Waals surface area contributed by atoms with Gasteiger partial charge in [-0.1, -0.05) is 12.1 Å². The smallest absolute Gasteiger partial charge is 0.406 e. The lowest BCUT2D eigenvalue weighted by Crippen LogP contribution is -2.16. The number of benzene rings is 1. The summed E-state index contributed by atoms with van der Waals surface area (Å²) in [6.07, 6.45) is -1.64. The first kappa shape index (κ1) is 13.4. The minimum atomic E-state index is -4.70. The molecule has 0 saturated heterocycles. The number of alkyl halides is 3. The van der Waals surface area contributed by atoms with Crippen LogP contribution in [0, 0.1) is 0 Å². The van der Waals surface area contributed by atoms with Crippen molar-refractivity contribution in [3.05, 3.63) is 48.3 Å². The van der Waals surface area contributed by atoms with Crippen molar-refractivity contribution < 1.29 is 23.0 Å². The Bertz CT molecular complexity index is 553. The molecule has 0 radical (unpaired) electrons. The van der Waals surface area contributed by atoms with E-state index in [9.17, 15) is 18.3 Å². The van der Waals surface area contributed by atoms with Gasteiger partial charge in [0.25, 0.3) is 0 Å². The van der Waals surface area contributed by atoms with Gasteiger partial charge in [-0.3, -0.25) is 4.98 Å². The van der Waals surface area contributed by atoms with Crippen LogP contribution in [0.5, 0.6) is 5.75 Å². The molecular formula is C13H10F3NO2. The number of halogens is 3. The lowest BCUT2D eigenvalue weighted by Gasteiger charge is -2.10. The Morgan fingerprint density at radius 2 is 1.79 bits per heavy atom. The van der Waals surface area contributed by atoms with E-state index < -0.39 is 6.36 Å². The molecule has 2 rings (SSSR count). The highest BCUT2D eigenvalue weighted by atomic mass is 19.4. The summed E-state index contributed by atoms with van der Waals surface area (Å²) in [7, 11) is 0. The Hall–Kier alpha value is -2.08. The standard InChI is InChI=1S/C13H10F3NO2/c14-13(15,16)19-11-3-1-9(2-4-11)12-5-6-17-7-10(12)8-18/h1-7,18H,8H2. The number of rotatable bonds is 3. The van der Waals surface area contributed by atoms with Crippen molar-refractivity contribution in [2.45, 2.75) is 13.0 Å². The second kappa shape index (κ2) is 5.27. The number of ether oxygens (including phenoxy) is 1. The molecule has 0 spiro atoms. The quantitative estimate of drug-likeness (QED) is 0.930. The van der Waals surface area contributed by atoms with Gasteiger partial charge < -0.3 is 9.84 Å². The fourth-order valence-electron chi connectivity index (χ4n) is 1.67. The largest absolute Gasteiger partial charge is 0.573 e. The Kier molecular flexibility index (Phi) is 3.71. The molecule has 0 bridgehead atoms. The molecule has 0 unspecified atom stereocenters. The second-order valence-electron chi connectivity index (χ2n) is 3.76. The zero-order valence-electron chi connectivity index (χ0n) is 9.69. The fourth-order valence-corrected chi connectivity index (χ4v) is 1.67. The lowest BCUT2D eigenvalue weighted by atomic mass is 10.0. The molecule has 100 valence electrons. The van der Waals surface area contributed by atoms with Crippen molar-refractivity contribution in [3.63, 3.8) is 0 Å². The summed E-state index contributed by atoms with van der Waals surface area (Å²) < 4.78 is 39.8. The summed E-state index contributed by atoms with van der Waals surface area (Å²) in [5, 5.41) is 9.17. The van der Waals surface area contributed by atoms with Crippen LogP contribution in [0.4, 0.5) is 13.2 Å². The Balaban J connectivity index is 2.27. The SMILES string of the molecule is OCc1cnccc1-c1ccc(OC(F)(F)F)cc1. The number of pyridine rings is 1. The van der Waals surface area contributed by atoms with E-state index in [2.05, 4.69) is 9.72 Å². The number of nitrogens with zero attached hydrogens (tertiary/aromatic N) is 1. The molecule has 0 fully saturated rings. The van der Waals surface area contributed by atoms with E-state index in [1.165, 1.54) is 30.5 Å². The Labute approximate surface area is 107 Å². The topological polar surface area (TPSA) is 42.4 Å². The summed E-state index contributed by atoms with van der Waals surface area (Å²) in [4.78, 5) is 3.87. The summed E-state index contributed by atoms with van der Waals surface area (Å²) >= 11 is 0. The van der Waals surface area contributed by atoms with E-state index in [0.717, 1.165) is 5.56 Å². The van der Waals surface area contributed by atoms with Crippen molar-refractivity contribution in [1.82, 2.24) is 4.98 Å². The molecule has 3 nitrogen and oxygen atoms in total. The van der Waals surface area contributed by atoms with Gasteiger partial charge in [-0.2, -0.15) is 0 Å². The molecule has 0 atom stereocenters. The highest BCUT2D eigenvalue weighted by Gasteiger charge is 2.30. The van der Waals surface area contributed by atoms with E-state index in [4.69, 9.17) is 0 Å². The van der Waals surface area contributed by atoms with E-state index in [0.29, 0.717) is 11.1 Å². The molecule has 2 aromatic rings. The predicted octanol–water partition coefficient (Wildman–Crippen LogP) is 3.14. The van der Waals surface area contributed by atoms with Gasteiger partial charge in [0.15, 0.2) is 0 Å². The third-order valence-electron chi connectivity index (χ3n) is 2.47. The van der Waals surface area contributed by atoms with Crippen LogP contribution in [0.3, 0.4) is 0 Å². The van der Waals surface area contributed by atoms with Crippen LogP contribution in [0.2, 0.25) is 0 Å². The maximum absolute atomic E-state index is 12.0. The van der Waals surface area contributed by atoms with Crippen LogP contribution < -0.4 is 4.74 Å². The van der Waals surface area contributed by atoms with Crippen LogP contribution in [-0.4, -0.2) is 16.5 Å². The van der Waals surface area contributed by atoms with Crippen molar-refractivity contribution >= 4 is 0 Å². The second-order valence-corrected chi connectivity index (χ2v) is 3.76. The van der Waals surface area contributed by atoms with Crippen LogP contribution in [-0.2, 0) is 6.61 Å². The Morgan fingerprint density at radius 3 is 2.37 bits per heavy atom. The number of hydrogen-bond donors (Lipinski definition) is 1. The fraction of sp³-hybridized carbons (Fsp3) is 0.154. The lowest BCUT2D eigenvalue weighted by molar-refractivity contribution is -0.274. The minimum Gasteiger partial charge on any atom is -0.406 e. The van der Waals surface area contributed by atoms with Crippen LogP contribution in [0.25, 0.3) is 11.1 Å². The van der Waals surface area contributed by atoms with Crippen molar-refractivity contribution in [2.75, 3.05) is 0 Å². The molecule has 1 aromatic carbocycles. The Morgan fingerprint density at radius 1 is 1.11 bits per heavy atom. The molecule has 0 aliphatic rings. The maximum atomic E-state index is 12.0. The number of aliphatic hydroxyl groups is 1. The number of aliphatic hydroxyl groups excluding tert-OH is 1. The normalized spacial score (nSPS) is 11.4. The monoisotopic (exact) mass is 269 g/mol. The average molecular weight is 269 g/mol. The molecule has 1 aromatic heterocycles. The summed E-state index contributed by atoms with van der Waals surface area (Å²) in [6.45, 7) is -0.191. The molecule has 0 saturated carbocycles. The van der Waals surface area contributed by atoms with Gasteiger partial charge in [0.05, 0.1) is 6.61 Å².